The second-order valence-electron chi connectivity index (χ2n) is 10.0. The van der Waals surface area contributed by atoms with Crippen molar-refractivity contribution in [2.24, 2.45) is 5.92 Å². The number of aliphatic hydroxyl groups is 1. The summed E-state index contributed by atoms with van der Waals surface area (Å²) in [6, 6.07) is 6.15. The molecule has 8 nitrogen and oxygen atoms in total. The van der Waals surface area contributed by atoms with Crippen LogP contribution in [0.5, 0.6) is 5.75 Å². The van der Waals surface area contributed by atoms with Crippen LogP contribution in [0.3, 0.4) is 0 Å². The van der Waals surface area contributed by atoms with Gasteiger partial charge in [-0.2, -0.15) is 13.2 Å². The van der Waals surface area contributed by atoms with E-state index in [-0.39, 0.29) is 35.1 Å². The highest BCUT2D eigenvalue weighted by atomic mass is 19.4. The fourth-order valence-corrected chi connectivity index (χ4v) is 4.36. The average Bonchev–Trinajstić information content (AvgIpc) is 3.31. The summed E-state index contributed by atoms with van der Waals surface area (Å²) in [5.74, 6) is 0.795. The number of rotatable bonds is 8. The van der Waals surface area contributed by atoms with Crippen molar-refractivity contribution < 1.29 is 27.8 Å². The monoisotopic (exact) mass is 517 g/mol. The molecule has 198 valence electrons. The Labute approximate surface area is 212 Å². The van der Waals surface area contributed by atoms with E-state index in [1.54, 1.807) is 0 Å². The van der Waals surface area contributed by atoms with Gasteiger partial charge in [0.15, 0.2) is 0 Å². The molecule has 1 fully saturated rings. The minimum Gasteiger partial charge on any atom is -0.491 e. The highest BCUT2D eigenvalue weighted by Crippen LogP contribution is 2.39. The maximum atomic E-state index is 13.8. The lowest BCUT2D eigenvalue weighted by atomic mass is 9.87. The molecular formula is C26H30F3N5O3. The highest BCUT2D eigenvalue weighted by molar-refractivity contribution is 6.01. The maximum Gasteiger partial charge on any atom is 0.417 e. The number of nitrogens with one attached hydrogen (secondary N) is 2. The number of halogens is 3. The SMILES string of the molecule is CC(C)(O)COc1ccc(C(F)(F)F)c(-c2ccnc(NC(=O)c3nnc(CC4CCCCC4)[nH]3)c2)c1. The van der Waals surface area contributed by atoms with Crippen molar-refractivity contribution in [3.8, 4) is 16.9 Å². The summed E-state index contributed by atoms with van der Waals surface area (Å²) in [7, 11) is 0. The summed E-state index contributed by atoms with van der Waals surface area (Å²) in [6.45, 7) is 2.96. The van der Waals surface area contributed by atoms with Gasteiger partial charge in [0.25, 0.3) is 5.91 Å². The van der Waals surface area contributed by atoms with Crippen molar-refractivity contribution in [3.05, 3.63) is 53.7 Å². The number of H-pyrrole nitrogens is 1. The Morgan fingerprint density at radius 1 is 1.14 bits per heavy atom. The zero-order valence-electron chi connectivity index (χ0n) is 20.7. The van der Waals surface area contributed by atoms with Gasteiger partial charge in [0.1, 0.15) is 24.0 Å². The fraction of sp³-hybridized carbons (Fsp3) is 0.462. The maximum absolute atomic E-state index is 13.8. The first kappa shape index (κ1) is 26.6. The van der Waals surface area contributed by atoms with E-state index in [9.17, 15) is 23.1 Å². The molecule has 1 aliphatic rings. The number of amides is 1. The molecule has 2 aromatic heterocycles. The van der Waals surface area contributed by atoms with Crippen molar-refractivity contribution in [1.29, 1.82) is 0 Å². The van der Waals surface area contributed by atoms with E-state index in [0.717, 1.165) is 25.3 Å². The third kappa shape index (κ3) is 7.28. The molecule has 0 bridgehead atoms. The molecule has 1 saturated carbocycles. The first-order chi connectivity index (χ1) is 17.5. The van der Waals surface area contributed by atoms with Crippen LogP contribution >= 0.6 is 0 Å². The molecule has 1 amide bonds. The lowest BCUT2D eigenvalue weighted by Gasteiger charge is -2.20. The van der Waals surface area contributed by atoms with Crippen LogP contribution in [0.15, 0.2) is 36.5 Å². The molecule has 3 N–H and O–H groups in total. The second kappa shape index (κ2) is 10.9. The smallest absolute Gasteiger partial charge is 0.417 e. The number of aromatic amines is 1. The third-order valence-electron chi connectivity index (χ3n) is 6.16. The van der Waals surface area contributed by atoms with Gasteiger partial charge in [-0.3, -0.25) is 4.79 Å². The molecule has 4 rings (SSSR count). The Hall–Kier alpha value is -3.47. The number of anilines is 1. The molecule has 0 spiro atoms. The van der Waals surface area contributed by atoms with Crippen LogP contribution in [0.2, 0.25) is 0 Å². The number of hydrogen-bond donors (Lipinski definition) is 3. The Bertz CT molecular complexity index is 1230. The number of carbonyl (C=O) groups is 1. The van der Waals surface area contributed by atoms with E-state index in [0.29, 0.717) is 11.7 Å². The topological polar surface area (TPSA) is 113 Å². The number of nitrogens with zero attached hydrogens (tertiary/aromatic N) is 3. The highest BCUT2D eigenvalue weighted by Gasteiger charge is 2.34. The van der Waals surface area contributed by atoms with Gasteiger partial charge in [-0.15, -0.1) is 10.2 Å². The molecule has 0 aliphatic heterocycles. The Morgan fingerprint density at radius 2 is 1.89 bits per heavy atom. The van der Waals surface area contributed by atoms with Crippen LogP contribution in [-0.4, -0.2) is 43.4 Å². The number of carbonyl (C=O) groups excluding carboxylic acids is 1. The standard InChI is InChI=1S/C26H30F3N5O3/c1-25(2,36)15-37-18-8-9-20(26(27,28)29)19(14-18)17-10-11-30-21(13-17)32-24(35)23-31-22(33-34-23)12-16-6-4-3-5-7-16/h8-11,13-14,16,36H,3-7,12,15H2,1-2H3,(H,30,32,35)(H,31,33,34). The minimum atomic E-state index is -4.62. The van der Waals surface area contributed by atoms with Crippen molar-refractivity contribution in [3.63, 3.8) is 0 Å². The average molecular weight is 518 g/mol. The number of alkyl halides is 3. The summed E-state index contributed by atoms with van der Waals surface area (Å²) < 4.78 is 46.8. The Balaban J connectivity index is 1.52. The molecule has 2 heterocycles. The van der Waals surface area contributed by atoms with E-state index in [2.05, 4.69) is 25.5 Å². The molecule has 0 radical (unpaired) electrons. The van der Waals surface area contributed by atoms with Crippen molar-refractivity contribution in [2.45, 2.75) is 64.1 Å². The van der Waals surface area contributed by atoms with E-state index in [1.165, 1.54) is 63.6 Å². The number of hydrogen-bond acceptors (Lipinski definition) is 6. The largest absolute Gasteiger partial charge is 0.491 e. The van der Waals surface area contributed by atoms with Gasteiger partial charge in [-0.05, 0) is 61.2 Å². The van der Waals surface area contributed by atoms with E-state index in [1.807, 2.05) is 0 Å². The molecular weight excluding hydrogens is 487 g/mol. The van der Waals surface area contributed by atoms with Crippen LogP contribution in [-0.2, 0) is 12.6 Å². The minimum absolute atomic E-state index is 0.0102. The van der Waals surface area contributed by atoms with E-state index in [4.69, 9.17) is 4.74 Å². The van der Waals surface area contributed by atoms with E-state index < -0.39 is 23.2 Å². The van der Waals surface area contributed by atoms with Crippen molar-refractivity contribution in [2.75, 3.05) is 11.9 Å². The predicted molar refractivity (Wildman–Crippen MR) is 131 cm³/mol. The lowest BCUT2D eigenvalue weighted by Crippen LogP contribution is -2.27. The van der Waals surface area contributed by atoms with Gasteiger partial charge >= 0.3 is 6.18 Å². The van der Waals surface area contributed by atoms with Crippen LogP contribution < -0.4 is 10.1 Å². The van der Waals surface area contributed by atoms with Gasteiger partial charge in [0.2, 0.25) is 5.82 Å². The summed E-state index contributed by atoms with van der Waals surface area (Å²) in [6.07, 6.45) is 3.30. The van der Waals surface area contributed by atoms with Crippen molar-refractivity contribution >= 4 is 11.7 Å². The Kier molecular flexibility index (Phi) is 7.82. The molecule has 1 aliphatic carbocycles. The van der Waals surface area contributed by atoms with Crippen molar-refractivity contribution in [1.82, 2.24) is 20.2 Å². The van der Waals surface area contributed by atoms with E-state index >= 15 is 0 Å². The van der Waals surface area contributed by atoms with Gasteiger partial charge in [-0.25, -0.2) is 4.98 Å². The molecule has 3 aromatic rings. The third-order valence-corrected chi connectivity index (χ3v) is 6.16. The molecule has 11 heteroatoms. The zero-order valence-corrected chi connectivity index (χ0v) is 20.7. The normalized spacial score (nSPS) is 15.0. The van der Waals surface area contributed by atoms with Crippen LogP contribution in [0.25, 0.3) is 11.1 Å². The number of aromatic nitrogens is 4. The zero-order chi connectivity index (χ0) is 26.6. The van der Waals surface area contributed by atoms with Gasteiger partial charge in [0, 0.05) is 12.6 Å². The number of ether oxygens (including phenoxy) is 1. The van der Waals surface area contributed by atoms with Crippen LogP contribution in [0.4, 0.5) is 19.0 Å². The van der Waals surface area contributed by atoms with Gasteiger partial charge in [0.05, 0.1) is 11.2 Å². The summed E-state index contributed by atoms with van der Waals surface area (Å²) >= 11 is 0. The summed E-state index contributed by atoms with van der Waals surface area (Å²) in [4.78, 5) is 19.7. The molecule has 0 unspecified atom stereocenters. The number of benzene rings is 1. The second-order valence-corrected chi connectivity index (χ2v) is 10.0. The van der Waals surface area contributed by atoms with Gasteiger partial charge < -0.3 is 20.1 Å². The predicted octanol–water partition coefficient (Wildman–Crippen LogP) is 5.41. The first-order valence-electron chi connectivity index (χ1n) is 12.2. The molecule has 1 aromatic carbocycles. The molecule has 0 atom stereocenters. The molecule has 37 heavy (non-hydrogen) atoms. The first-order valence-corrected chi connectivity index (χ1v) is 12.2. The quantitative estimate of drug-likeness (QED) is 0.368. The Morgan fingerprint density at radius 3 is 2.59 bits per heavy atom. The summed E-state index contributed by atoms with van der Waals surface area (Å²) in [5, 5.41) is 20.5. The lowest BCUT2D eigenvalue weighted by molar-refractivity contribution is -0.137. The molecule has 0 saturated heterocycles. The van der Waals surface area contributed by atoms with Gasteiger partial charge in [-0.1, -0.05) is 32.1 Å². The summed E-state index contributed by atoms with van der Waals surface area (Å²) in [5.41, 5.74) is -1.99. The van der Waals surface area contributed by atoms with Crippen LogP contribution in [0.1, 0.15) is 68.0 Å². The number of pyridine rings is 1. The fourth-order valence-electron chi connectivity index (χ4n) is 4.36. The van der Waals surface area contributed by atoms with Crippen LogP contribution in [0, 0.1) is 5.92 Å².